The molecule has 0 aromatic heterocycles. The van der Waals surface area contributed by atoms with Crippen LogP contribution < -0.4 is 14.8 Å². The average Bonchev–Trinajstić information content (AvgIpc) is 2.55. The highest BCUT2D eigenvalue weighted by Crippen LogP contribution is 2.19. The molecule has 4 nitrogen and oxygen atoms in total. The number of nitrogens with one attached hydrogen (secondary N) is 1. The third-order valence-electron chi connectivity index (χ3n) is 3.60. The molecule has 0 aliphatic carbocycles. The van der Waals surface area contributed by atoms with E-state index >= 15 is 0 Å². The summed E-state index contributed by atoms with van der Waals surface area (Å²) in [5, 5.41) is 3.42. The van der Waals surface area contributed by atoms with Crippen LogP contribution in [0.25, 0.3) is 0 Å². The first-order valence-corrected chi connectivity index (χ1v) is 8.76. The Balaban J connectivity index is 1.79. The first-order chi connectivity index (χ1) is 12.0. The molecular formula is C20H24ClNO3. The molecule has 0 aliphatic heterocycles. The van der Waals surface area contributed by atoms with Gasteiger partial charge in [-0.15, -0.1) is 0 Å². The van der Waals surface area contributed by atoms with Crippen molar-refractivity contribution in [2.45, 2.75) is 33.3 Å². The van der Waals surface area contributed by atoms with Gasteiger partial charge in [-0.05, 0) is 61.7 Å². The van der Waals surface area contributed by atoms with Crippen molar-refractivity contribution >= 4 is 17.5 Å². The SMILES string of the molecule is CC[C@H](Oc1cccc(Cl)c1)C(=O)NCCOc1cc(C)cc(C)c1. The summed E-state index contributed by atoms with van der Waals surface area (Å²) in [6.07, 6.45) is 0.00990. The quantitative estimate of drug-likeness (QED) is 0.713. The number of amides is 1. The first kappa shape index (κ1) is 19.1. The second-order valence-electron chi connectivity index (χ2n) is 5.94. The van der Waals surface area contributed by atoms with Gasteiger partial charge in [0.2, 0.25) is 0 Å². The second kappa shape index (κ2) is 9.33. The number of hydrogen-bond donors (Lipinski definition) is 1. The topological polar surface area (TPSA) is 47.6 Å². The minimum absolute atomic E-state index is 0.161. The van der Waals surface area contributed by atoms with Crippen LogP contribution in [0.5, 0.6) is 11.5 Å². The summed E-state index contributed by atoms with van der Waals surface area (Å²) >= 11 is 5.94. The summed E-state index contributed by atoms with van der Waals surface area (Å²) < 4.78 is 11.4. The zero-order chi connectivity index (χ0) is 18.2. The van der Waals surface area contributed by atoms with E-state index < -0.39 is 6.10 Å². The summed E-state index contributed by atoms with van der Waals surface area (Å²) in [4.78, 5) is 12.3. The molecular weight excluding hydrogens is 338 g/mol. The zero-order valence-corrected chi connectivity index (χ0v) is 15.6. The number of hydrogen-bond acceptors (Lipinski definition) is 3. The van der Waals surface area contributed by atoms with Crippen molar-refractivity contribution in [3.05, 3.63) is 58.6 Å². The molecule has 0 bridgehead atoms. The molecule has 1 amide bonds. The Morgan fingerprint density at radius 2 is 1.84 bits per heavy atom. The number of aryl methyl sites for hydroxylation is 2. The van der Waals surface area contributed by atoms with E-state index in [2.05, 4.69) is 11.4 Å². The Morgan fingerprint density at radius 3 is 2.48 bits per heavy atom. The second-order valence-corrected chi connectivity index (χ2v) is 6.37. The molecule has 0 radical (unpaired) electrons. The average molecular weight is 362 g/mol. The minimum atomic E-state index is -0.556. The molecule has 134 valence electrons. The van der Waals surface area contributed by atoms with Crippen LogP contribution >= 0.6 is 11.6 Å². The molecule has 0 spiro atoms. The number of carbonyl (C=O) groups is 1. The molecule has 0 fully saturated rings. The Labute approximate surface area is 154 Å². The summed E-state index contributed by atoms with van der Waals surface area (Å²) in [6.45, 7) is 6.78. The van der Waals surface area contributed by atoms with E-state index in [0.29, 0.717) is 30.3 Å². The largest absolute Gasteiger partial charge is 0.492 e. The first-order valence-electron chi connectivity index (χ1n) is 8.39. The molecule has 0 heterocycles. The Bertz CT molecular complexity index is 698. The third kappa shape index (κ3) is 6.31. The molecule has 1 atom stereocenters. The van der Waals surface area contributed by atoms with Gasteiger partial charge < -0.3 is 14.8 Å². The molecule has 0 saturated heterocycles. The zero-order valence-electron chi connectivity index (χ0n) is 14.8. The maximum absolute atomic E-state index is 12.3. The summed E-state index contributed by atoms with van der Waals surface area (Å²) in [7, 11) is 0. The Kier molecular flexibility index (Phi) is 7.14. The van der Waals surface area contributed by atoms with Crippen molar-refractivity contribution in [2.75, 3.05) is 13.2 Å². The van der Waals surface area contributed by atoms with Crippen molar-refractivity contribution in [2.24, 2.45) is 0 Å². The van der Waals surface area contributed by atoms with Gasteiger partial charge in [-0.3, -0.25) is 4.79 Å². The van der Waals surface area contributed by atoms with Crippen molar-refractivity contribution in [1.29, 1.82) is 0 Å². The summed E-state index contributed by atoms with van der Waals surface area (Å²) in [6, 6.07) is 13.1. The lowest BCUT2D eigenvalue weighted by atomic mass is 10.1. The number of rotatable bonds is 8. The number of ether oxygens (including phenoxy) is 2. The highest BCUT2D eigenvalue weighted by atomic mass is 35.5. The smallest absolute Gasteiger partial charge is 0.261 e. The molecule has 0 aliphatic rings. The summed E-state index contributed by atoms with van der Waals surface area (Å²) in [5.74, 6) is 1.24. The van der Waals surface area contributed by atoms with E-state index in [-0.39, 0.29) is 5.91 Å². The van der Waals surface area contributed by atoms with Crippen LogP contribution in [-0.2, 0) is 4.79 Å². The molecule has 2 aromatic rings. The molecule has 5 heteroatoms. The van der Waals surface area contributed by atoms with E-state index in [1.807, 2.05) is 32.9 Å². The number of carbonyl (C=O) groups excluding carboxylic acids is 1. The van der Waals surface area contributed by atoms with Crippen molar-refractivity contribution in [3.63, 3.8) is 0 Å². The van der Waals surface area contributed by atoms with Crippen molar-refractivity contribution in [3.8, 4) is 11.5 Å². The third-order valence-corrected chi connectivity index (χ3v) is 3.84. The maximum atomic E-state index is 12.3. The van der Waals surface area contributed by atoms with E-state index in [9.17, 15) is 4.79 Å². The van der Waals surface area contributed by atoms with Crippen LogP contribution in [-0.4, -0.2) is 25.2 Å². The highest BCUT2D eigenvalue weighted by Gasteiger charge is 2.18. The van der Waals surface area contributed by atoms with Gasteiger partial charge in [0.1, 0.15) is 18.1 Å². The van der Waals surface area contributed by atoms with Gasteiger partial charge in [-0.2, -0.15) is 0 Å². The molecule has 1 N–H and O–H groups in total. The Morgan fingerprint density at radius 1 is 1.12 bits per heavy atom. The van der Waals surface area contributed by atoms with Crippen LogP contribution in [0.4, 0.5) is 0 Å². The normalized spacial score (nSPS) is 11.7. The predicted octanol–water partition coefficient (Wildman–Crippen LogP) is 4.31. The van der Waals surface area contributed by atoms with Gasteiger partial charge in [0, 0.05) is 5.02 Å². The lowest BCUT2D eigenvalue weighted by Crippen LogP contribution is -2.39. The maximum Gasteiger partial charge on any atom is 0.261 e. The standard InChI is InChI=1S/C20H24ClNO3/c1-4-19(25-17-7-5-6-16(21)13-17)20(23)22-8-9-24-18-11-14(2)10-15(3)12-18/h5-7,10-13,19H,4,8-9H2,1-3H3,(H,22,23)/t19-/m0/s1. The van der Waals surface area contributed by atoms with E-state index in [1.165, 1.54) is 0 Å². The fourth-order valence-corrected chi connectivity index (χ4v) is 2.68. The molecule has 2 rings (SSSR count). The van der Waals surface area contributed by atoms with Crippen LogP contribution in [0.2, 0.25) is 5.02 Å². The summed E-state index contributed by atoms with van der Waals surface area (Å²) in [5.41, 5.74) is 2.31. The lowest BCUT2D eigenvalue weighted by molar-refractivity contribution is -0.128. The predicted molar refractivity (Wildman–Crippen MR) is 101 cm³/mol. The lowest BCUT2D eigenvalue weighted by Gasteiger charge is -2.17. The molecule has 0 unspecified atom stereocenters. The van der Waals surface area contributed by atoms with Gasteiger partial charge in [-0.25, -0.2) is 0 Å². The van der Waals surface area contributed by atoms with E-state index in [1.54, 1.807) is 24.3 Å². The van der Waals surface area contributed by atoms with Crippen LogP contribution in [0.1, 0.15) is 24.5 Å². The van der Waals surface area contributed by atoms with E-state index in [0.717, 1.165) is 16.9 Å². The van der Waals surface area contributed by atoms with Crippen molar-refractivity contribution in [1.82, 2.24) is 5.32 Å². The van der Waals surface area contributed by atoms with Crippen molar-refractivity contribution < 1.29 is 14.3 Å². The molecule has 25 heavy (non-hydrogen) atoms. The van der Waals surface area contributed by atoms with E-state index in [4.69, 9.17) is 21.1 Å². The molecule has 0 saturated carbocycles. The van der Waals surface area contributed by atoms with Gasteiger partial charge in [0.25, 0.3) is 5.91 Å². The van der Waals surface area contributed by atoms with Gasteiger partial charge in [0.05, 0.1) is 6.54 Å². The van der Waals surface area contributed by atoms with Gasteiger partial charge >= 0.3 is 0 Å². The number of benzene rings is 2. The van der Waals surface area contributed by atoms with Gasteiger partial charge in [-0.1, -0.05) is 30.7 Å². The monoisotopic (exact) mass is 361 g/mol. The van der Waals surface area contributed by atoms with Crippen LogP contribution in [0.3, 0.4) is 0 Å². The van der Waals surface area contributed by atoms with Crippen LogP contribution in [0.15, 0.2) is 42.5 Å². The molecule has 2 aromatic carbocycles. The fourth-order valence-electron chi connectivity index (χ4n) is 2.50. The minimum Gasteiger partial charge on any atom is -0.492 e. The fraction of sp³-hybridized carbons (Fsp3) is 0.350. The highest BCUT2D eigenvalue weighted by molar-refractivity contribution is 6.30. The van der Waals surface area contributed by atoms with Gasteiger partial charge in [0.15, 0.2) is 6.10 Å². The van der Waals surface area contributed by atoms with Crippen LogP contribution in [0, 0.1) is 13.8 Å². The number of halogens is 1. The Hall–Kier alpha value is -2.20.